The van der Waals surface area contributed by atoms with E-state index in [0.717, 1.165) is 44.0 Å². The Labute approximate surface area is 297 Å². The Kier molecular flexibility index (Phi) is 6.09. The fraction of sp³-hybridized carbons (Fsp3) is 0. The summed E-state index contributed by atoms with van der Waals surface area (Å²) in [4.78, 5) is 10.7. The maximum Gasteiger partial charge on any atom is 0.235 e. The van der Waals surface area contributed by atoms with Gasteiger partial charge in [0, 0.05) is 43.3 Å². The molecule has 0 saturated carbocycles. The quantitative estimate of drug-likeness (QED) is 0.175. The summed E-state index contributed by atoms with van der Waals surface area (Å²) in [7, 11) is 0. The molecule has 7 aromatic carbocycles. The molecule has 11 rings (SSSR count). The number of hydrogen-bond acceptors (Lipinski definition) is 3. The number of nitrogens with zero attached hydrogens (tertiary/aromatic N) is 4. The summed E-state index contributed by atoms with van der Waals surface area (Å²) < 4.78 is 4.61. The smallest absolute Gasteiger partial charge is 0.235 e. The first kappa shape index (κ1) is 28.3. The zero-order valence-electron chi connectivity index (χ0n) is 27.4. The second kappa shape index (κ2) is 11.0. The van der Waals surface area contributed by atoms with Gasteiger partial charge in [-0.05, 0) is 70.4 Å². The van der Waals surface area contributed by atoms with Crippen molar-refractivity contribution in [3.63, 3.8) is 0 Å². The van der Waals surface area contributed by atoms with Crippen LogP contribution in [0.15, 0.2) is 168 Å². The van der Waals surface area contributed by atoms with Gasteiger partial charge in [0.2, 0.25) is 5.95 Å². The standard InChI is InChI=1S/C46H28N4S/c1-2-11-30(12-3-1)44-37-21-18-29-10-4-5-13-34(29)45(37)48-46(47-44)50-41-17-9-7-15-36(41)39-27-32(20-23-43(39)50)31-19-22-42-38(26-31)35-14-6-8-16-40(35)49(42)33-24-25-51-28-33/h1-28H. The molecule has 4 aromatic heterocycles. The summed E-state index contributed by atoms with van der Waals surface area (Å²) in [6, 6.07) is 56.5. The molecule has 0 unspecified atom stereocenters. The van der Waals surface area contributed by atoms with Crippen LogP contribution in [0.5, 0.6) is 0 Å². The van der Waals surface area contributed by atoms with Gasteiger partial charge in [-0.1, -0.05) is 109 Å². The largest absolute Gasteiger partial charge is 0.308 e. The fourth-order valence-corrected chi connectivity index (χ4v) is 8.57. The van der Waals surface area contributed by atoms with Gasteiger partial charge in [0.05, 0.1) is 39.0 Å². The molecule has 238 valence electrons. The molecule has 0 spiro atoms. The molecule has 4 nitrogen and oxygen atoms in total. The number of fused-ring (bicyclic) bond motifs is 9. The molecule has 0 bridgehead atoms. The lowest BCUT2D eigenvalue weighted by Crippen LogP contribution is -2.03. The molecule has 0 atom stereocenters. The highest BCUT2D eigenvalue weighted by Crippen LogP contribution is 2.39. The Balaban J connectivity index is 1.15. The lowest BCUT2D eigenvalue weighted by atomic mass is 10.0. The number of rotatable bonds is 4. The van der Waals surface area contributed by atoms with E-state index >= 15 is 0 Å². The summed E-state index contributed by atoms with van der Waals surface area (Å²) in [6.07, 6.45) is 0. The summed E-state index contributed by atoms with van der Waals surface area (Å²) in [5, 5.41) is 12.5. The fourth-order valence-electron chi connectivity index (χ4n) is 7.95. The minimum atomic E-state index is 0.666. The van der Waals surface area contributed by atoms with Gasteiger partial charge in [0.1, 0.15) is 0 Å². The second-order valence-corrected chi connectivity index (χ2v) is 13.9. The Hall–Kier alpha value is -6.56. The zero-order valence-corrected chi connectivity index (χ0v) is 28.2. The first-order chi connectivity index (χ1) is 25.3. The molecule has 5 heteroatoms. The number of thiophene rings is 1. The summed E-state index contributed by atoms with van der Waals surface area (Å²) >= 11 is 1.73. The van der Waals surface area contributed by atoms with Crippen LogP contribution in [-0.4, -0.2) is 19.1 Å². The molecule has 51 heavy (non-hydrogen) atoms. The highest BCUT2D eigenvalue weighted by Gasteiger charge is 2.19. The van der Waals surface area contributed by atoms with Gasteiger partial charge in [-0.3, -0.25) is 4.57 Å². The normalized spacial score (nSPS) is 11.9. The molecular weight excluding hydrogens is 641 g/mol. The van der Waals surface area contributed by atoms with Crippen LogP contribution >= 0.6 is 11.3 Å². The van der Waals surface area contributed by atoms with Crippen LogP contribution in [0.2, 0.25) is 0 Å². The molecule has 0 aliphatic carbocycles. The van der Waals surface area contributed by atoms with Crippen LogP contribution in [0.3, 0.4) is 0 Å². The summed E-state index contributed by atoms with van der Waals surface area (Å²) in [5.74, 6) is 0.666. The SMILES string of the molecule is c1ccc(-c2nc(-n3c4ccccc4c4cc(-c5ccc6c(c5)c5ccccc5n6-c5ccsc5)ccc43)nc3c2ccc2ccccc23)cc1. The number of benzene rings is 7. The third-order valence-electron chi connectivity index (χ3n) is 10.3. The maximum atomic E-state index is 5.35. The van der Waals surface area contributed by atoms with Crippen molar-refractivity contribution in [2.24, 2.45) is 0 Å². The molecule has 0 aliphatic rings. The molecular formula is C46H28N4S. The third-order valence-corrected chi connectivity index (χ3v) is 10.9. The van der Waals surface area contributed by atoms with Crippen molar-refractivity contribution < 1.29 is 0 Å². The molecule has 0 amide bonds. The highest BCUT2D eigenvalue weighted by molar-refractivity contribution is 7.08. The van der Waals surface area contributed by atoms with E-state index in [9.17, 15) is 0 Å². The summed E-state index contributed by atoms with van der Waals surface area (Å²) in [5.41, 5.74) is 11.1. The van der Waals surface area contributed by atoms with Crippen molar-refractivity contribution in [3.05, 3.63) is 168 Å². The Morgan fingerprint density at radius 1 is 0.412 bits per heavy atom. The lowest BCUT2D eigenvalue weighted by Gasteiger charge is -2.13. The molecule has 0 fully saturated rings. The van der Waals surface area contributed by atoms with Gasteiger partial charge in [-0.15, -0.1) is 0 Å². The first-order valence-electron chi connectivity index (χ1n) is 17.1. The second-order valence-electron chi connectivity index (χ2n) is 13.1. The number of hydrogen-bond donors (Lipinski definition) is 0. The van der Waals surface area contributed by atoms with Crippen LogP contribution in [-0.2, 0) is 0 Å². The molecule has 11 aromatic rings. The molecule has 0 aliphatic heterocycles. The van der Waals surface area contributed by atoms with E-state index in [4.69, 9.17) is 9.97 Å². The monoisotopic (exact) mass is 668 g/mol. The average molecular weight is 669 g/mol. The van der Waals surface area contributed by atoms with E-state index in [-0.39, 0.29) is 0 Å². The van der Waals surface area contributed by atoms with Crippen molar-refractivity contribution in [2.75, 3.05) is 0 Å². The highest BCUT2D eigenvalue weighted by atomic mass is 32.1. The van der Waals surface area contributed by atoms with Crippen LogP contribution in [0.4, 0.5) is 0 Å². The van der Waals surface area contributed by atoms with Crippen molar-refractivity contribution in [1.29, 1.82) is 0 Å². The Morgan fingerprint density at radius 3 is 1.73 bits per heavy atom. The van der Waals surface area contributed by atoms with Crippen molar-refractivity contribution in [3.8, 4) is 34.0 Å². The first-order valence-corrected chi connectivity index (χ1v) is 18.1. The molecule has 0 saturated heterocycles. The van der Waals surface area contributed by atoms with Crippen molar-refractivity contribution >= 4 is 76.6 Å². The van der Waals surface area contributed by atoms with E-state index in [2.05, 4.69) is 172 Å². The summed E-state index contributed by atoms with van der Waals surface area (Å²) in [6.45, 7) is 0. The molecule has 4 heterocycles. The topological polar surface area (TPSA) is 35.6 Å². The minimum absolute atomic E-state index is 0.666. The maximum absolute atomic E-state index is 5.35. The Morgan fingerprint density at radius 2 is 1.02 bits per heavy atom. The average Bonchev–Trinajstić information content (AvgIpc) is 3.92. The molecule has 0 radical (unpaired) electrons. The van der Waals surface area contributed by atoms with E-state index in [1.807, 2.05) is 6.07 Å². The van der Waals surface area contributed by atoms with Crippen LogP contribution in [0.1, 0.15) is 0 Å². The third kappa shape index (κ3) is 4.25. The van der Waals surface area contributed by atoms with Crippen LogP contribution in [0.25, 0.3) is 99.3 Å². The van der Waals surface area contributed by atoms with E-state index < -0.39 is 0 Å². The van der Waals surface area contributed by atoms with E-state index in [1.165, 1.54) is 49.4 Å². The van der Waals surface area contributed by atoms with E-state index in [1.54, 1.807) is 11.3 Å². The van der Waals surface area contributed by atoms with Crippen LogP contribution < -0.4 is 0 Å². The zero-order chi connectivity index (χ0) is 33.5. The van der Waals surface area contributed by atoms with Gasteiger partial charge in [0.15, 0.2) is 0 Å². The predicted octanol–water partition coefficient (Wildman–Crippen LogP) is 12.4. The van der Waals surface area contributed by atoms with Gasteiger partial charge in [-0.2, -0.15) is 11.3 Å². The van der Waals surface area contributed by atoms with Crippen molar-refractivity contribution in [2.45, 2.75) is 0 Å². The molecule has 0 N–H and O–H groups in total. The van der Waals surface area contributed by atoms with Crippen molar-refractivity contribution in [1.82, 2.24) is 19.1 Å². The van der Waals surface area contributed by atoms with E-state index in [0.29, 0.717) is 5.95 Å². The number of aromatic nitrogens is 4. The lowest BCUT2D eigenvalue weighted by molar-refractivity contribution is 1.02. The van der Waals surface area contributed by atoms with Gasteiger partial charge >= 0.3 is 0 Å². The number of para-hydroxylation sites is 2. The van der Waals surface area contributed by atoms with Crippen LogP contribution in [0, 0.1) is 0 Å². The van der Waals surface area contributed by atoms with Gasteiger partial charge < -0.3 is 4.57 Å². The predicted molar refractivity (Wildman–Crippen MR) is 214 cm³/mol. The Bertz CT molecular complexity index is 3130. The minimum Gasteiger partial charge on any atom is -0.308 e. The van der Waals surface area contributed by atoms with Gasteiger partial charge in [-0.25, -0.2) is 9.97 Å². The van der Waals surface area contributed by atoms with Gasteiger partial charge in [0.25, 0.3) is 0 Å².